The van der Waals surface area contributed by atoms with Crippen LogP contribution in [0.25, 0.3) is 4.96 Å². The number of carbonyl (C=O) groups excluding carboxylic acids is 1. The van der Waals surface area contributed by atoms with Crippen LogP contribution in [0.1, 0.15) is 34.4 Å². The molecule has 0 aliphatic rings. The topological polar surface area (TPSA) is 80.9 Å². The van der Waals surface area contributed by atoms with Crippen LogP contribution in [-0.2, 0) is 11.0 Å². The second-order valence-corrected chi connectivity index (χ2v) is 7.07. The lowest BCUT2D eigenvalue weighted by atomic mass is 10.1. The van der Waals surface area contributed by atoms with Crippen molar-refractivity contribution in [3.8, 4) is 0 Å². The Hall–Kier alpha value is -2.95. The van der Waals surface area contributed by atoms with Gasteiger partial charge in [-0.25, -0.2) is 9.31 Å². The minimum Gasteiger partial charge on any atom is -0.297 e. The van der Waals surface area contributed by atoms with Crippen molar-refractivity contribution in [2.45, 2.75) is 33.9 Å². The van der Waals surface area contributed by atoms with Crippen LogP contribution < -0.4 is 5.32 Å². The second kappa shape index (κ2) is 7.23. The molecule has 3 aromatic rings. The minimum atomic E-state index is -4.61. The van der Waals surface area contributed by atoms with E-state index in [1.165, 1.54) is 0 Å². The average Bonchev–Trinajstić information content (AvgIpc) is 3.16. The Bertz CT molecular complexity index is 1060. The summed E-state index contributed by atoms with van der Waals surface area (Å²) in [7, 11) is 0. The Morgan fingerprint density at radius 3 is 2.46 bits per heavy atom. The summed E-state index contributed by atoms with van der Waals surface area (Å²) in [6, 6.07) is 5.58. The predicted octanol–water partition coefficient (Wildman–Crippen LogP) is 4.71. The van der Waals surface area contributed by atoms with E-state index in [0.29, 0.717) is 22.0 Å². The fourth-order valence-electron chi connectivity index (χ4n) is 2.59. The minimum absolute atomic E-state index is 0.0781. The van der Waals surface area contributed by atoms with Gasteiger partial charge in [-0.1, -0.05) is 34.7 Å². The Balaban J connectivity index is 1.77. The van der Waals surface area contributed by atoms with Crippen molar-refractivity contribution in [2.24, 2.45) is 5.16 Å². The van der Waals surface area contributed by atoms with Gasteiger partial charge in [0.25, 0.3) is 5.82 Å². The number of hydrogen-bond donors (Lipinski definition) is 1. The lowest BCUT2D eigenvalue weighted by Gasteiger charge is -2.09. The summed E-state index contributed by atoms with van der Waals surface area (Å²) in [6.45, 7) is 6.87. The van der Waals surface area contributed by atoms with E-state index in [0.717, 1.165) is 27.0 Å². The zero-order chi connectivity index (χ0) is 20.6. The summed E-state index contributed by atoms with van der Waals surface area (Å²) < 4.78 is 39.2. The molecular formula is C17H16F3N5O2S. The molecule has 1 N–H and O–H groups in total. The van der Waals surface area contributed by atoms with E-state index >= 15 is 0 Å². The number of rotatable bonds is 3. The largest absolute Gasteiger partial charge is 0.453 e. The van der Waals surface area contributed by atoms with Crippen LogP contribution in [0, 0.1) is 20.8 Å². The zero-order valence-electron chi connectivity index (χ0n) is 15.4. The van der Waals surface area contributed by atoms with Crippen LogP contribution >= 0.6 is 11.3 Å². The van der Waals surface area contributed by atoms with Crippen LogP contribution in [-0.4, -0.2) is 26.4 Å². The molecular weight excluding hydrogens is 395 g/mol. The third-order valence-corrected chi connectivity index (χ3v) is 5.21. The van der Waals surface area contributed by atoms with Gasteiger partial charge < -0.3 is 0 Å². The van der Waals surface area contributed by atoms with Gasteiger partial charge >= 0.3 is 12.3 Å². The highest BCUT2D eigenvalue weighted by Crippen LogP contribution is 2.30. The van der Waals surface area contributed by atoms with Crippen molar-refractivity contribution >= 4 is 33.8 Å². The molecule has 0 aliphatic heterocycles. The van der Waals surface area contributed by atoms with Crippen LogP contribution in [0.15, 0.2) is 23.4 Å². The fraction of sp³-hybridized carbons (Fsp3) is 0.294. The molecule has 148 valence electrons. The number of hydrogen-bond acceptors (Lipinski definition) is 6. The predicted molar refractivity (Wildman–Crippen MR) is 98.8 cm³/mol. The first-order valence-corrected chi connectivity index (χ1v) is 8.92. The molecule has 0 atom stereocenters. The number of carbonyl (C=O) groups is 1. The number of thiazole rings is 1. The molecule has 1 amide bonds. The van der Waals surface area contributed by atoms with E-state index in [4.69, 9.17) is 4.84 Å². The van der Waals surface area contributed by atoms with Crippen LogP contribution in [0.3, 0.4) is 0 Å². The van der Waals surface area contributed by atoms with Crippen LogP contribution in [0.4, 0.5) is 23.7 Å². The molecule has 0 bridgehead atoms. The maximum atomic E-state index is 12.7. The second-order valence-electron chi connectivity index (χ2n) is 6.09. The number of nitrogens with one attached hydrogen (secondary N) is 1. The maximum Gasteiger partial charge on any atom is 0.453 e. The number of para-hydroxylation sites is 1. The van der Waals surface area contributed by atoms with E-state index in [1.54, 1.807) is 13.8 Å². The normalized spacial score (nSPS) is 12.5. The van der Waals surface area contributed by atoms with Gasteiger partial charge in [-0.05, 0) is 38.8 Å². The standard InChI is InChI=1S/C17H16F3N5O2S/c1-8-6-5-7-9(2)12(8)21-16(26)27-24-10(3)13-11(4)25-15(28-13)22-14(23-25)17(18,19)20/h5-7H,1-4H3,(H,21,26)/b24-10-. The van der Waals surface area contributed by atoms with Gasteiger partial charge in [-0.15, -0.1) is 5.10 Å². The van der Waals surface area contributed by atoms with Gasteiger partial charge in [0, 0.05) is 5.69 Å². The fourth-order valence-corrected chi connectivity index (χ4v) is 3.59. The summed E-state index contributed by atoms with van der Waals surface area (Å²) in [6.07, 6.45) is -5.38. The monoisotopic (exact) mass is 411 g/mol. The Kier molecular flexibility index (Phi) is 5.11. The summed E-state index contributed by atoms with van der Waals surface area (Å²) in [5.74, 6) is -1.20. The number of amides is 1. The molecule has 0 unspecified atom stereocenters. The maximum absolute atomic E-state index is 12.7. The molecule has 0 fully saturated rings. The Morgan fingerprint density at radius 2 is 1.89 bits per heavy atom. The van der Waals surface area contributed by atoms with Crippen molar-refractivity contribution in [1.29, 1.82) is 0 Å². The molecule has 0 saturated carbocycles. The number of nitrogens with zero attached hydrogens (tertiary/aromatic N) is 4. The van der Waals surface area contributed by atoms with Gasteiger partial charge in [0.05, 0.1) is 16.3 Å². The molecule has 3 rings (SSSR count). The zero-order valence-corrected chi connectivity index (χ0v) is 16.2. The van der Waals surface area contributed by atoms with Gasteiger partial charge in [0.15, 0.2) is 0 Å². The lowest BCUT2D eigenvalue weighted by Crippen LogP contribution is -2.14. The third-order valence-electron chi connectivity index (χ3n) is 3.97. The van der Waals surface area contributed by atoms with E-state index < -0.39 is 18.1 Å². The molecule has 0 spiro atoms. The van der Waals surface area contributed by atoms with Gasteiger partial charge in [-0.3, -0.25) is 10.2 Å². The van der Waals surface area contributed by atoms with Crippen molar-refractivity contribution in [1.82, 2.24) is 14.6 Å². The smallest absolute Gasteiger partial charge is 0.297 e. The number of anilines is 1. The first kappa shape index (κ1) is 19.8. The van der Waals surface area contributed by atoms with Gasteiger partial charge in [0.1, 0.15) is 0 Å². The van der Waals surface area contributed by atoms with Gasteiger partial charge in [-0.2, -0.15) is 18.2 Å². The summed E-state index contributed by atoms with van der Waals surface area (Å²) in [4.78, 5) is 21.0. The molecule has 2 heterocycles. The van der Waals surface area contributed by atoms with E-state index in [1.807, 2.05) is 32.0 Å². The van der Waals surface area contributed by atoms with E-state index in [-0.39, 0.29) is 4.96 Å². The molecule has 2 aromatic heterocycles. The number of alkyl halides is 3. The number of aryl methyl sites for hydroxylation is 3. The summed E-state index contributed by atoms with van der Waals surface area (Å²) >= 11 is 0.976. The molecule has 28 heavy (non-hydrogen) atoms. The number of aromatic nitrogens is 3. The Labute approximate surface area is 161 Å². The first-order valence-electron chi connectivity index (χ1n) is 8.10. The number of benzene rings is 1. The van der Waals surface area contributed by atoms with Crippen molar-refractivity contribution in [3.63, 3.8) is 0 Å². The third kappa shape index (κ3) is 3.84. The molecule has 7 nitrogen and oxygen atoms in total. The highest BCUT2D eigenvalue weighted by atomic mass is 32.1. The first-order chi connectivity index (χ1) is 13.1. The molecule has 1 aromatic carbocycles. The number of fused-ring (bicyclic) bond motifs is 1. The number of oxime groups is 1. The molecule has 0 saturated heterocycles. The van der Waals surface area contributed by atoms with E-state index in [2.05, 4.69) is 20.6 Å². The van der Waals surface area contributed by atoms with Crippen molar-refractivity contribution in [3.05, 3.63) is 45.7 Å². The van der Waals surface area contributed by atoms with Crippen LogP contribution in [0.5, 0.6) is 0 Å². The molecule has 0 radical (unpaired) electrons. The van der Waals surface area contributed by atoms with Gasteiger partial charge in [0.2, 0.25) is 4.96 Å². The van der Waals surface area contributed by atoms with Crippen LogP contribution in [0.2, 0.25) is 0 Å². The van der Waals surface area contributed by atoms with Crippen molar-refractivity contribution < 1.29 is 22.8 Å². The lowest BCUT2D eigenvalue weighted by molar-refractivity contribution is -0.144. The van der Waals surface area contributed by atoms with E-state index in [9.17, 15) is 18.0 Å². The summed E-state index contributed by atoms with van der Waals surface area (Å²) in [5.41, 5.74) is 3.12. The highest BCUT2D eigenvalue weighted by Gasteiger charge is 2.37. The molecule has 11 heteroatoms. The average molecular weight is 411 g/mol. The number of halogens is 3. The highest BCUT2D eigenvalue weighted by molar-refractivity contribution is 7.19. The summed E-state index contributed by atoms with van der Waals surface area (Å²) in [5, 5.41) is 9.88. The quantitative estimate of drug-likeness (QED) is 0.385. The Morgan fingerprint density at radius 1 is 1.25 bits per heavy atom. The van der Waals surface area contributed by atoms with Crippen molar-refractivity contribution in [2.75, 3.05) is 5.32 Å². The molecule has 0 aliphatic carbocycles. The SMILES string of the molecule is C/C(=N/OC(=O)Nc1c(C)cccc1C)c1sc2nc(C(F)(F)F)nn2c1C.